The minimum absolute atomic E-state index is 0.239. The van der Waals surface area contributed by atoms with Crippen molar-refractivity contribution in [3.8, 4) is 5.75 Å². The van der Waals surface area contributed by atoms with Crippen LogP contribution in [0.1, 0.15) is 22.9 Å². The fourth-order valence-electron chi connectivity index (χ4n) is 2.17. The highest BCUT2D eigenvalue weighted by molar-refractivity contribution is 5.30. The van der Waals surface area contributed by atoms with Crippen LogP contribution >= 0.6 is 0 Å². The summed E-state index contributed by atoms with van der Waals surface area (Å²) in [6, 6.07) is 5.46. The third-order valence-electron chi connectivity index (χ3n) is 3.06. The average Bonchev–Trinajstić information content (AvgIpc) is 2.69. The molecule has 0 saturated heterocycles. The summed E-state index contributed by atoms with van der Waals surface area (Å²) in [6.07, 6.45) is -2.31. The Hall–Kier alpha value is -2.02. The third kappa shape index (κ3) is 4.22. The standard InChI is InChI=1S/C14H16F3N3O/c1-9-12(8-20(2)19-9)13(18)7-10-3-5-11(6-4-10)21-14(15,16)17/h3-6,8,13H,7,18H2,1-2H3. The van der Waals surface area contributed by atoms with Crippen LogP contribution in [0.2, 0.25) is 0 Å². The Morgan fingerprint density at radius 2 is 1.90 bits per heavy atom. The lowest BCUT2D eigenvalue weighted by molar-refractivity contribution is -0.274. The Morgan fingerprint density at radius 1 is 1.29 bits per heavy atom. The van der Waals surface area contributed by atoms with Crippen molar-refractivity contribution in [3.63, 3.8) is 0 Å². The second kappa shape index (κ2) is 5.77. The first kappa shape index (κ1) is 15.4. The smallest absolute Gasteiger partial charge is 0.406 e. The van der Waals surface area contributed by atoms with E-state index in [-0.39, 0.29) is 11.8 Å². The van der Waals surface area contributed by atoms with Crippen molar-refractivity contribution in [1.82, 2.24) is 9.78 Å². The Labute approximate surface area is 120 Å². The van der Waals surface area contributed by atoms with E-state index in [0.29, 0.717) is 6.42 Å². The summed E-state index contributed by atoms with van der Waals surface area (Å²) in [5, 5.41) is 4.22. The van der Waals surface area contributed by atoms with Crippen molar-refractivity contribution in [2.24, 2.45) is 12.8 Å². The van der Waals surface area contributed by atoms with Crippen molar-refractivity contribution >= 4 is 0 Å². The van der Waals surface area contributed by atoms with E-state index in [4.69, 9.17) is 5.73 Å². The van der Waals surface area contributed by atoms with Crippen molar-refractivity contribution in [2.75, 3.05) is 0 Å². The number of alkyl halides is 3. The zero-order valence-corrected chi connectivity index (χ0v) is 11.7. The van der Waals surface area contributed by atoms with Crippen LogP contribution < -0.4 is 10.5 Å². The molecule has 0 aliphatic carbocycles. The average molecular weight is 299 g/mol. The molecule has 0 radical (unpaired) electrons. The number of hydrogen-bond acceptors (Lipinski definition) is 3. The van der Waals surface area contributed by atoms with Crippen LogP contribution in [0.5, 0.6) is 5.75 Å². The molecule has 2 N–H and O–H groups in total. The Balaban J connectivity index is 2.05. The van der Waals surface area contributed by atoms with Crippen LogP contribution in [0.15, 0.2) is 30.5 Å². The molecule has 2 aromatic rings. The first-order valence-corrected chi connectivity index (χ1v) is 6.35. The second-order valence-electron chi connectivity index (χ2n) is 4.85. The minimum atomic E-state index is -4.68. The van der Waals surface area contributed by atoms with E-state index < -0.39 is 6.36 Å². The molecular formula is C14H16F3N3O. The monoisotopic (exact) mass is 299 g/mol. The Bertz CT molecular complexity index is 605. The van der Waals surface area contributed by atoms with Crippen molar-refractivity contribution in [2.45, 2.75) is 25.7 Å². The van der Waals surface area contributed by atoms with E-state index in [0.717, 1.165) is 16.8 Å². The van der Waals surface area contributed by atoms with Gasteiger partial charge in [-0.3, -0.25) is 4.68 Å². The van der Waals surface area contributed by atoms with Gasteiger partial charge in [-0.1, -0.05) is 12.1 Å². The van der Waals surface area contributed by atoms with Crippen LogP contribution in [-0.4, -0.2) is 16.1 Å². The highest BCUT2D eigenvalue weighted by Crippen LogP contribution is 2.24. The van der Waals surface area contributed by atoms with Gasteiger partial charge in [-0.25, -0.2) is 0 Å². The summed E-state index contributed by atoms with van der Waals surface area (Å²) in [4.78, 5) is 0. The third-order valence-corrected chi connectivity index (χ3v) is 3.06. The molecule has 1 heterocycles. The molecule has 7 heteroatoms. The molecule has 0 saturated carbocycles. The molecule has 0 amide bonds. The van der Waals surface area contributed by atoms with Gasteiger partial charge >= 0.3 is 6.36 Å². The summed E-state index contributed by atoms with van der Waals surface area (Å²) in [7, 11) is 1.81. The summed E-state index contributed by atoms with van der Waals surface area (Å²) in [5.74, 6) is -0.239. The van der Waals surface area contributed by atoms with E-state index in [1.165, 1.54) is 12.1 Å². The molecule has 0 bridgehead atoms. The summed E-state index contributed by atoms with van der Waals surface area (Å²) in [6.45, 7) is 1.87. The van der Waals surface area contributed by atoms with Crippen LogP contribution in [0.3, 0.4) is 0 Å². The van der Waals surface area contributed by atoms with Gasteiger partial charge in [0.1, 0.15) is 5.75 Å². The minimum Gasteiger partial charge on any atom is -0.406 e. The van der Waals surface area contributed by atoms with E-state index in [9.17, 15) is 13.2 Å². The lowest BCUT2D eigenvalue weighted by Gasteiger charge is -2.12. The maximum Gasteiger partial charge on any atom is 0.573 e. The molecule has 1 aromatic heterocycles. The van der Waals surface area contributed by atoms with Gasteiger partial charge in [0.25, 0.3) is 0 Å². The zero-order chi connectivity index (χ0) is 15.6. The predicted octanol–water partition coefficient (Wildman–Crippen LogP) is 2.87. The molecule has 0 aliphatic heterocycles. The largest absolute Gasteiger partial charge is 0.573 e. The second-order valence-corrected chi connectivity index (χ2v) is 4.85. The van der Waals surface area contributed by atoms with Gasteiger partial charge in [0.2, 0.25) is 0 Å². The van der Waals surface area contributed by atoms with Gasteiger partial charge in [0.05, 0.1) is 5.69 Å². The topological polar surface area (TPSA) is 53.1 Å². The van der Waals surface area contributed by atoms with Gasteiger partial charge in [0.15, 0.2) is 0 Å². The molecule has 0 spiro atoms. The number of benzene rings is 1. The van der Waals surface area contributed by atoms with Crippen molar-refractivity contribution < 1.29 is 17.9 Å². The molecule has 1 unspecified atom stereocenters. The molecule has 1 atom stereocenters. The van der Waals surface area contributed by atoms with E-state index in [2.05, 4.69) is 9.84 Å². The van der Waals surface area contributed by atoms with Crippen molar-refractivity contribution in [1.29, 1.82) is 0 Å². The van der Waals surface area contributed by atoms with Gasteiger partial charge in [-0.15, -0.1) is 13.2 Å². The van der Waals surface area contributed by atoms with Gasteiger partial charge < -0.3 is 10.5 Å². The number of nitrogens with two attached hydrogens (primary N) is 1. The quantitative estimate of drug-likeness (QED) is 0.944. The molecular weight excluding hydrogens is 283 g/mol. The van der Waals surface area contributed by atoms with Crippen LogP contribution in [-0.2, 0) is 13.5 Å². The fourth-order valence-corrected chi connectivity index (χ4v) is 2.17. The fraction of sp³-hybridized carbons (Fsp3) is 0.357. The van der Waals surface area contributed by atoms with Gasteiger partial charge in [-0.2, -0.15) is 5.10 Å². The molecule has 0 fully saturated rings. The lowest BCUT2D eigenvalue weighted by Crippen LogP contribution is -2.17. The van der Waals surface area contributed by atoms with Crippen LogP contribution in [0, 0.1) is 6.92 Å². The van der Waals surface area contributed by atoms with Crippen LogP contribution in [0.25, 0.3) is 0 Å². The highest BCUT2D eigenvalue weighted by Gasteiger charge is 2.30. The Morgan fingerprint density at radius 3 is 2.38 bits per heavy atom. The first-order chi connectivity index (χ1) is 9.74. The number of ether oxygens (including phenoxy) is 1. The number of halogens is 3. The number of rotatable bonds is 4. The molecule has 0 aliphatic rings. The van der Waals surface area contributed by atoms with Crippen LogP contribution in [0.4, 0.5) is 13.2 Å². The van der Waals surface area contributed by atoms with E-state index in [1.54, 1.807) is 16.8 Å². The number of aromatic nitrogens is 2. The number of hydrogen-bond donors (Lipinski definition) is 1. The number of nitrogens with zero attached hydrogens (tertiary/aromatic N) is 2. The normalized spacial score (nSPS) is 13.2. The molecule has 2 rings (SSSR count). The summed E-state index contributed by atoms with van der Waals surface area (Å²) >= 11 is 0. The summed E-state index contributed by atoms with van der Waals surface area (Å²) in [5.41, 5.74) is 8.72. The predicted molar refractivity (Wildman–Crippen MR) is 71.7 cm³/mol. The van der Waals surface area contributed by atoms with E-state index in [1.807, 2.05) is 20.2 Å². The summed E-state index contributed by atoms with van der Waals surface area (Å²) < 4.78 is 41.7. The molecule has 21 heavy (non-hydrogen) atoms. The number of aryl methyl sites for hydroxylation is 2. The highest BCUT2D eigenvalue weighted by atomic mass is 19.4. The van der Waals surface area contributed by atoms with Gasteiger partial charge in [-0.05, 0) is 31.0 Å². The Kier molecular flexibility index (Phi) is 4.22. The van der Waals surface area contributed by atoms with E-state index >= 15 is 0 Å². The van der Waals surface area contributed by atoms with Gasteiger partial charge in [0, 0.05) is 24.8 Å². The molecule has 114 valence electrons. The SMILES string of the molecule is Cc1nn(C)cc1C(N)Cc1ccc(OC(F)(F)F)cc1. The maximum atomic E-state index is 12.1. The molecule has 4 nitrogen and oxygen atoms in total. The molecule has 1 aromatic carbocycles. The zero-order valence-electron chi connectivity index (χ0n) is 11.7. The van der Waals surface area contributed by atoms with Crippen molar-refractivity contribution in [3.05, 3.63) is 47.3 Å². The first-order valence-electron chi connectivity index (χ1n) is 6.35. The lowest BCUT2D eigenvalue weighted by atomic mass is 10.0. The maximum absolute atomic E-state index is 12.1.